The Balaban J connectivity index is 1.80. The number of hydrogen-bond acceptors (Lipinski definition) is 4. The Morgan fingerprint density at radius 2 is 2.04 bits per heavy atom. The monoisotopic (exact) mass is 363 g/mol. The van der Waals surface area contributed by atoms with Gasteiger partial charge in [0.1, 0.15) is 11.5 Å². The SMILES string of the molecule is COc1ccc(CCCC(=O)N2CCCC(CCC(=O)O)C2)c(OC)c1. The second-order valence-corrected chi connectivity index (χ2v) is 6.81. The maximum Gasteiger partial charge on any atom is 0.303 e. The molecule has 1 heterocycles. The molecule has 6 heteroatoms. The van der Waals surface area contributed by atoms with E-state index in [9.17, 15) is 9.59 Å². The molecule has 2 rings (SSSR count). The van der Waals surface area contributed by atoms with Crippen LogP contribution in [0.3, 0.4) is 0 Å². The number of ether oxygens (including phenoxy) is 2. The number of carbonyl (C=O) groups excluding carboxylic acids is 1. The molecule has 1 fully saturated rings. The fraction of sp³-hybridized carbons (Fsp3) is 0.600. The number of amides is 1. The van der Waals surface area contributed by atoms with Gasteiger partial charge in [0.25, 0.3) is 0 Å². The van der Waals surface area contributed by atoms with Crippen LogP contribution in [0.4, 0.5) is 0 Å². The van der Waals surface area contributed by atoms with Crippen LogP contribution in [0, 0.1) is 5.92 Å². The molecule has 1 aliphatic rings. The zero-order valence-corrected chi connectivity index (χ0v) is 15.7. The van der Waals surface area contributed by atoms with Gasteiger partial charge in [0.05, 0.1) is 14.2 Å². The minimum absolute atomic E-state index is 0.164. The van der Waals surface area contributed by atoms with Crippen LogP contribution in [0.1, 0.15) is 44.1 Å². The van der Waals surface area contributed by atoms with Crippen LogP contribution in [0.25, 0.3) is 0 Å². The maximum atomic E-state index is 12.5. The van der Waals surface area contributed by atoms with Gasteiger partial charge in [-0.05, 0) is 49.7 Å². The number of aryl methyl sites for hydroxylation is 1. The molecule has 0 saturated carbocycles. The van der Waals surface area contributed by atoms with E-state index in [1.54, 1.807) is 14.2 Å². The van der Waals surface area contributed by atoms with Gasteiger partial charge in [-0.1, -0.05) is 6.07 Å². The van der Waals surface area contributed by atoms with Gasteiger partial charge in [-0.15, -0.1) is 0 Å². The van der Waals surface area contributed by atoms with Gasteiger partial charge in [-0.3, -0.25) is 9.59 Å². The van der Waals surface area contributed by atoms with Crippen molar-refractivity contribution in [2.45, 2.75) is 44.9 Å². The van der Waals surface area contributed by atoms with Gasteiger partial charge >= 0.3 is 5.97 Å². The first-order chi connectivity index (χ1) is 12.5. The fourth-order valence-corrected chi connectivity index (χ4v) is 3.50. The van der Waals surface area contributed by atoms with Crippen molar-refractivity contribution in [3.05, 3.63) is 23.8 Å². The van der Waals surface area contributed by atoms with E-state index in [1.165, 1.54) is 0 Å². The molecule has 1 amide bonds. The molecular formula is C20H29NO5. The third-order valence-corrected chi connectivity index (χ3v) is 4.97. The van der Waals surface area contributed by atoms with Gasteiger partial charge in [-0.25, -0.2) is 0 Å². The number of hydrogen-bond donors (Lipinski definition) is 1. The Bertz CT molecular complexity index is 616. The zero-order valence-electron chi connectivity index (χ0n) is 15.7. The summed E-state index contributed by atoms with van der Waals surface area (Å²) in [5.41, 5.74) is 1.07. The molecule has 1 N–H and O–H groups in total. The molecule has 26 heavy (non-hydrogen) atoms. The first-order valence-electron chi connectivity index (χ1n) is 9.24. The highest BCUT2D eigenvalue weighted by Gasteiger charge is 2.23. The Hall–Kier alpha value is -2.24. The molecule has 1 saturated heterocycles. The average molecular weight is 363 g/mol. The summed E-state index contributed by atoms with van der Waals surface area (Å²) in [5.74, 6) is 1.25. The van der Waals surface area contributed by atoms with Crippen molar-refractivity contribution < 1.29 is 24.2 Å². The highest BCUT2D eigenvalue weighted by Crippen LogP contribution is 2.26. The van der Waals surface area contributed by atoms with Crippen molar-refractivity contribution in [3.63, 3.8) is 0 Å². The number of carboxylic acids is 1. The van der Waals surface area contributed by atoms with Crippen molar-refractivity contribution in [2.75, 3.05) is 27.3 Å². The van der Waals surface area contributed by atoms with E-state index in [2.05, 4.69) is 0 Å². The largest absolute Gasteiger partial charge is 0.497 e. The van der Waals surface area contributed by atoms with Crippen LogP contribution in [-0.2, 0) is 16.0 Å². The van der Waals surface area contributed by atoms with Crippen LogP contribution in [0.2, 0.25) is 0 Å². The van der Waals surface area contributed by atoms with Crippen LogP contribution in [-0.4, -0.2) is 49.2 Å². The number of aliphatic carboxylic acids is 1. The summed E-state index contributed by atoms with van der Waals surface area (Å²) in [6.45, 7) is 1.48. The van der Waals surface area contributed by atoms with Crippen LogP contribution < -0.4 is 9.47 Å². The second kappa shape index (κ2) is 10.0. The van der Waals surface area contributed by atoms with E-state index < -0.39 is 5.97 Å². The smallest absolute Gasteiger partial charge is 0.303 e. The normalized spacial score (nSPS) is 17.0. The minimum atomic E-state index is -0.762. The molecular weight excluding hydrogens is 334 g/mol. The summed E-state index contributed by atoms with van der Waals surface area (Å²) < 4.78 is 10.6. The van der Waals surface area contributed by atoms with Crippen molar-refractivity contribution in [2.24, 2.45) is 5.92 Å². The second-order valence-electron chi connectivity index (χ2n) is 6.81. The third-order valence-electron chi connectivity index (χ3n) is 4.97. The molecule has 0 aliphatic carbocycles. The Morgan fingerprint density at radius 1 is 1.23 bits per heavy atom. The lowest BCUT2D eigenvalue weighted by Crippen LogP contribution is -2.40. The van der Waals surface area contributed by atoms with Gasteiger partial charge < -0.3 is 19.5 Å². The summed E-state index contributed by atoms with van der Waals surface area (Å²) in [6.07, 6.45) is 4.85. The predicted molar refractivity (Wildman–Crippen MR) is 98.7 cm³/mol. The van der Waals surface area contributed by atoms with Gasteiger partial charge in [0.2, 0.25) is 5.91 Å². The molecule has 6 nitrogen and oxygen atoms in total. The predicted octanol–water partition coefficient (Wildman–Crippen LogP) is 3.13. The van der Waals surface area contributed by atoms with E-state index in [0.717, 1.165) is 49.3 Å². The molecule has 144 valence electrons. The minimum Gasteiger partial charge on any atom is -0.497 e. The number of carboxylic acid groups (broad SMARTS) is 1. The van der Waals surface area contributed by atoms with E-state index in [4.69, 9.17) is 14.6 Å². The molecule has 0 radical (unpaired) electrons. The molecule has 1 aromatic rings. The highest BCUT2D eigenvalue weighted by atomic mass is 16.5. The topological polar surface area (TPSA) is 76.1 Å². The molecule has 1 aliphatic heterocycles. The molecule has 0 bridgehead atoms. The summed E-state index contributed by atoms with van der Waals surface area (Å²) in [7, 11) is 3.25. The highest BCUT2D eigenvalue weighted by molar-refractivity contribution is 5.76. The summed E-state index contributed by atoms with van der Waals surface area (Å²) in [6, 6.07) is 5.73. The lowest BCUT2D eigenvalue weighted by molar-refractivity contribution is -0.137. The maximum absolute atomic E-state index is 12.5. The number of piperidine rings is 1. The lowest BCUT2D eigenvalue weighted by Gasteiger charge is -2.32. The fourth-order valence-electron chi connectivity index (χ4n) is 3.50. The van der Waals surface area contributed by atoms with Gasteiger partial charge in [0, 0.05) is 32.0 Å². The summed E-state index contributed by atoms with van der Waals surface area (Å²) in [4.78, 5) is 25.1. The van der Waals surface area contributed by atoms with Crippen LogP contribution >= 0.6 is 0 Å². The molecule has 1 aromatic carbocycles. The first kappa shape index (κ1) is 20.1. The van der Waals surface area contributed by atoms with E-state index >= 15 is 0 Å². The van der Waals surface area contributed by atoms with Crippen LogP contribution in [0.15, 0.2) is 18.2 Å². The van der Waals surface area contributed by atoms with Crippen molar-refractivity contribution in [3.8, 4) is 11.5 Å². The third kappa shape index (κ3) is 5.93. The number of carbonyl (C=O) groups is 2. The number of rotatable bonds is 9. The Kier molecular flexibility index (Phi) is 7.75. The van der Waals surface area contributed by atoms with E-state index in [0.29, 0.717) is 25.3 Å². The first-order valence-corrected chi connectivity index (χ1v) is 9.24. The molecule has 1 atom stereocenters. The standard InChI is InChI=1S/C20H29NO5/c1-25-17-10-9-16(18(13-17)26-2)6-3-7-19(22)21-12-4-5-15(14-21)8-11-20(23)24/h9-10,13,15H,3-8,11-12,14H2,1-2H3,(H,23,24). The van der Waals surface area contributed by atoms with Gasteiger partial charge in [0.15, 0.2) is 0 Å². The van der Waals surface area contributed by atoms with Crippen molar-refractivity contribution >= 4 is 11.9 Å². The molecule has 0 aromatic heterocycles. The number of methoxy groups -OCH3 is 2. The Morgan fingerprint density at radius 3 is 2.73 bits per heavy atom. The number of nitrogens with zero attached hydrogens (tertiary/aromatic N) is 1. The van der Waals surface area contributed by atoms with Crippen LogP contribution in [0.5, 0.6) is 11.5 Å². The van der Waals surface area contributed by atoms with E-state index in [1.807, 2.05) is 23.1 Å². The number of benzene rings is 1. The summed E-state index contributed by atoms with van der Waals surface area (Å²) in [5, 5.41) is 8.82. The quantitative estimate of drug-likeness (QED) is 0.729. The Labute approximate surface area is 155 Å². The average Bonchev–Trinajstić information content (AvgIpc) is 2.66. The molecule has 1 unspecified atom stereocenters. The lowest BCUT2D eigenvalue weighted by atomic mass is 9.93. The van der Waals surface area contributed by atoms with Crippen molar-refractivity contribution in [1.29, 1.82) is 0 Å². The number of likely N-dealkylation sites (tertiary alicyclic amines) is 1. The van der Waals surface area contributed by atoms with E-state index in [-0.39, 0.29) is 12.3 Å². The zero-order chi connectivity index (χ0) is 18.9. The van der Waals surface area contributed by atoms with Gasteiger partial charge in [-0.2, -0.15) is 0 Å². The summed E-state index contributed by atoms with van der Waals surface area (Å²) >= 11 is 0. The molecule has 0 spiro atoms. The van der Waals surface area contributed by atoms with Crippen molar-refractivity contribution in [1.82, 2.24) is 4.90 Å².